The predicted octanol–water partition coefficient (Wildman–Crippen LogP) is 4.52. The lowest BCUT2D eigenvalue weighted by Gasteiger charge is -2.20. The molecule has 1 saturated carbocycles. The van der Waals surface area contributed by atoms with E-state index < -0.39 is 5.97 Å². The average Bonchev–Trinajstić information content (AvgIpc) is 2.69. The molecular formula is C17H22O2. The zero-order valence-electron chi connectivity index (χ0n) is 11.6. The maximum Gasteiger partial charge on any atom is 0.331 e. The lowest BCUT2D eigenvalue weighted by Crippen LogP contribution is -2.09. The summed E-state index contributed by atoms with van der Waals surface area (Å²) in [6, 6.07) is 10.0. The molecule has 0 bridgehead atoms. The molecule has 2 nitrogen and oxygen atoms in total. The van der Waals surface area contributed by atoms with Gasteiger partial charge in [-0.3, -0.25) is 0 Å². The summed E-state index contributed by atoms with van der Waals surface area (Å²) in [6.07, 6.45) is 7.24. The van der Waals surface area contributed by atoms with Crippen molar-refractivity contribution in [2.24, 2.45) is 5.92 Å². The normalized spacial score (nSPS) is 18.6. The minimum atomic E-state index is -0.789. The molecule has 1 aromatic rings. The first-order valence-electron chi connectivity index (χ1n) is 7.19. The Kier molecular flexibility index (Phi) is 4.78. The molecule has 0 atom stereocenters. The van der Waals surface area contributed by atoms with Crippen LogP contribution >= 0.6 is 0 Å². The van der Waals surface area contributed by atoms with Gasteiger partial charge in [-0.05, 0) is 36.8 Å². The Morgan fingerprint density at radius 2 is 1.63 bits per heavy atom. The number of carboxylic acids is 1. The molecule has 1 aromatic carbocycles. The second-order valence-electron chi connectivity index (χ2n) is 5.40. The van der Waals surface area contributed by atoms with Crippen molar-refractivity contribution in [2.45, 2.75) is 45.4 Å². The molecule has 2 heteroatoms. The van der Waals surface area contributed by atoms with Crippen molar-refractivity contribution >= 4 is 11.5 Å². The van der Waals surface area contributed by atoms with Crippen LogP contribution in [0.3, 0.4) is 0 Å². The fourth-order valence-corrected chi connectivity index (χ4v) is 3.06. The van der Waals surface area contributed by atoms with Gasteiger partial charge in [0.1, 0.15) is 0 Å². The van der Waals surface area contributed by atoms with Crippen LogP contribution in [-0.4, -0.2) is 11.1 Å². The van der Waals surface area contributed by atoms with Crippen molar-refractivity contribution in [1.29, 1.82) is 0 Å². The molecule has 0 aromatic heterocycles. The minimum absolute atomic E-state index is 0.404. The fourth-order valence-electron chi connectivity index (χ4n) is 3.06. The van der Waals surface area contributed by atoms with Crippen molar-refractivity contribution in [1.82, 2.24) is 0 Å². The van der Waals surface area contributed by atoms with Gasteiger partial charge in [0.05, 0.1) is 0 Å². The standard InChI is InChI=1S/C17H22O2/c1-13(17(18)19)16(15-11-7-4-8-12-15)14-9-5-2-3-6-10-14/h4,7-8,11-12,14H,2-3,5-6,9-10H2,1H3,(H,18,19). The second-order valence-corrected chi connectivity index (χ2v) is 5.40. The van der Waals surface area contributed by atoms with Crippen LogP contribution in [0.5, 0.6) is 0 Å². The van der Waals surface area contributed by atoms with Crippen molar-refractivity contribution in [2.75, 3.05) is 0 Å². The van der Waals surface area contributed by atoms with Crippen LogP contribution in [0, 0.1) is 5.92 Å². The van der Waals surface area contributed by atoms with E-state index >= 15 is 0 Å². The number of carbonyl (C=O) groups is 1. The molecule has 102 valence electrons. The highest BCUT2D eigenvalue weighted by molar-refractivity contribution is 5.96. The SMILES string of the molecule is CC(C(=O)O)=C(c1ccccc1)C1CCCCCC1. The maximum atomic E-state index is 11.4. The van der Waals surface area contributed by atoms with E-state index in [-0.39, 0.29) is 0 Å². The zero-order valence-corrected chi connectivity index (χ0v) is 11.6. The van der Waals surface area contributed by atoms with Gasteiger partial charge in [0.2, 0.25) is 0 Å². The minimum Gasteiger partial charge on any atom is -0.478 e. The highest BCUT2D eigenvalue weighted by Gasteiger charge is 2.22. The summed E-state index contributed by atoms with van der Waals surface area (Å²) in [5, 5.41) is 9.36. The van der Waals surface area contributed by atoms with Gasteiger partial charge in [-0.15, -0.1) is 0 Å². The van der Waals surface area contributed by atoms with Gasteiger partial charge in [0.15, 0.2) is 0 Å². The van der Waals surface area contributed by atoms with E-state index in [1.165, 1.54) is 25.7 Å². The van der Waals surface area contributed by atoms with Crippen molar-refractivity contribution in [3.05, 3.63) is 41.5 Å². The van der Waals surface area contributed by atoms with Crippen LogP contribution in [0.15, 0.2) is 35.9 Å². The molecule has 2 rings (SSSR count). The second kappa shape index (κ2) is 6.55. The molecule has 19 heavy (non-hydrogen) atoms. The number of rotatable bonds is 3. The third kappa shape index (κ3) is 3.46. The van der Waals surface area contributed by atoms with Gasteiger partial charge in [-0.1, -0.05) is 56.0 Å². The van der Waals surface area contributed by atoms with Crippen LogP contribution in [0.1, 0.15) is 51.0 Å². The number of hydrogen-bond donors (Lipinski definition) is 1. The Balaban J connectivity index is 2.40. The molecule has 1 aliphatic carbocycles. The molecule has 0 spiro atoms. The largest absolute Gasteiger partial charge is 0.478 e. The third-order valence-corrected chi connectivity index (χ3v) is 4.07. The number of aliphatic carboxylic acids is 1. The summed E-state index contributed by atoms with van der Waals surface area (Å²) < 4.78 is 0. The van der Waals surface area contributed by atoms with Gasteiger partial charge in [0.25, 0.3) is 0 Å². The Morgan fingerprint density at radius 3 is 2.16 bits per heavy atom. The third-order valence-electron chi connectivity index (χ3n) is 4.07. The monoisotopic (exact) mass is 258 g/mol. The van der Waals surface area contributed by atoms with Gasteiger partial charge in [0, 0.05) is 5.57 Å². The number of allylic oxidation sites excluding steroid dienone is 1. The van der Waals surface area contributed by atoms with Gasteiger partial charge >= 0.3 is 5.97 Å². The Labute approximate surface area is 115 Å². The van der Waals surface area contributed by atoms with Gasteiger partial charge < -0.3 is 5.11 Å². The number of benzene rings is 1. The highest BCUT2D eigenvalue weighted by atomic mass is 16.4. The first-order chi connectivity index (χ1) is 9.20. The molecule has 0 amide bonds. The van der Waals surface area contributed by atoms with Crippen molar-refractivity contribution in [3.63, 3.8) is 0 Å². The molecule has 0 unspecified atom stereocenters. The quantitative estimate of drug-likeness (QED) is 0.639. The lowest BCUT2D eigenvalue weighted by atomic mass is 9.84. The molecule has 1 aliphatic rings. The van der Waals surface area contributed by atoms with Crippen molar-refractivity contribution in [3.8, 4) is 0 Å². The van der Waals surface area contributed by atoms with E-state index in [1.807, 2.05) is 30.3 Å². The summed E-state index contributed by atoms with van der Waals surface area (Å²) in [6.45, 7) is 1.75. The first-order valence-corrected chi connectivity index (χ1v) is 7.19. The lowest BCUT2D eigenvalue weighted by molar-refractivity contribution is -0.132. The van der Waals surface area contributed by atoms with E-state index in [0.29, 0.717) is 11.5 Å². The van der Waals surface area contributed by atoms with Crippen LogP contribution in [-0.2, 0) is 4.79 Å². The zero-order chi connectivity index (χ0) is 13.7. The molecule has 1 N–H and O–H groups in total. The summed E-state index contributed by atoms with van der Waals surface area (Å²) >= 11 is 0. The molecular weight excluding hydrogens is 236 g/mol. The number of carboxylic acid groups (broad SMARTS) is 1. The highest BCUT2D eigenvalue weighted by Crippen LogP contribution is 2.36. The number of hydrogen-bond acceptors (Lipinski definition) is 1. The molecule has 1 fully saturated rings. The van der Waals surface area contributed by atoms with E-state index in [1.54, 1.807) is 6.92 Å². The van der Waals surface area contributed by atoms with E-state index in [0.717, 1.165) is 24.0 Å². The summed E-state index contributed by atoms with van der Waals surface area (Å²) in [7, 11) is 0. The summed E-state index contributed by atoms with van der Waals surface area (Å²) in [5.41, 5.74) is 2.64. The van der Waals surface area contributed by atoms with Crippen LogP contribution in [0.4, 0.5) is 0 Å². The maximum absolute atomic E-state index is 11.4. The molecule has 0 aliphatic heterocycles. The van der Waals surface area contributed by atoms with E-state index in [9.17, 15) is 9.90 Å². The van der Waals surface area contributed by atoms with Crippen LogP contribution in [0.2, 0.25) is 0 Å². The van der Waals surface area contributed by atoms with Crippen molar-refractivity contribution < 1.29 is 9.90 Å². The van der Waals surface area contributed by atoms with Gasteiger partial charge in [-0.2, -0.15) is 0 Å². The fraction of sp³-hybridized carbons (Fsp3) is 0.471. The van der Waals surface area contributed by atoms with Crippen LogP contribution < -0.4 is 0 Å². The molecule has 0 heterocycles. The van der Waals surface area contributed by atoms with E-state index in [2.05, 4.69) is 0 Å². The Bertz CT molecular complexity index is 451. The average molecular weight is 258 g/mol. The van der Waals surface area contributed by atoms with Crippen LogP contribution in [0.25, 0.3) is 5.57 Å². The molecule has 0 radical (unpaired) electrons. The smallest absolute Gasteiger partial charge is 0.331 e. The summed E-state index contributed by atoms with van der Waals surface area (Å²) in [4.78, 5) is 11.4. The molecule has 0 saturated heterocycles. The Morgan fingerprint density at radius 1 is 1.05 bits per heavy atom. The first kappa shape index (κ1) is 13.9. The van der Waals surface area contributed by atoms with E-state index in [4.69, 9.17) is 0 Å². The predicted molar refractivity (Wildman–Crippen MR) is 77.9 cm³/mol. The van der Waals surface area contributed by atoms with Gasteiger partial charge in [-0.25, -0.2) is 4.79 Å². The summed E-state index contributed by atoms with van der Waals surface area (Å²) in [5.74, 6) is -0.385. The Hall–Kier alpha value is -1.57. The topological polar surface area (TPSA) is 37.3 Å².